The van der Waals surface area contributed by atoms with Crippen LogP contribution >= 0.6 is 0 Å². The Balaban J connectivity index is 3.79. The summed E-state index contributed by atoms with van der Waals surface area (Å²) >= 11 is 0. The van der Waals surface area contributed by atoms with Gasteiger partial charge in [0.1, 0.15) is 0 Å². The summed E-state index contributed by atoms with van der Waals surface area (Å²) < 4.78 is 4.81. The first kappa shape index (κ1) is 11.2. The predicted molar refractivity (Wildman–Crippen MR) is 49.8 cm³/mol. The zero-order valence-corrected chi connectivity index (χ0v) is 8.22. The van der Waals surface area contributed by atoms with Crippen molar-refractivity contribution in [3.05, 3.63) is 12.2 Å². The minimum absolute atomic E-state index is 0.252. The van der Waals surface area contributed by atoms with E-state index in [2.05, 4.69) is 20.4 Å². The number of rotatable bonds is 5. The maximum Gasteiger partial charge on any atom is 0.333 e. The Kier molecular flexibility index (Phi) is 5.43. The van der Waals surface area contributed by atoms with Crippen LogP contribution in [0.5, 0.6) is 0 Å². The van der Waals surface area contributed by atoms with Gasteiger partial charge < -0.3 is 4.74 Å². The van der Waals surface area contributed by atoms with Crippen LogP contribution in [0.2, 0.25) is 0 Å². The van der Waals surface area contributed by atoms with Crippen LogP contribution in [0.25, 0.3) is 0 Å². The lowest BCUT2D eigenvalue weighted by Gasteiger charge is -2.09. The first-order chi connectivity index (χ1) is 5.61. The molecule has 0 rings (SSSR count). The molecule has 0 fully saturated rings. The van der Waals surface area contributed by atoms with Gasteiger partial charge in [-0.05, 0) is 19.3 Å². The SMILES string of the molecule is C=C(CC(C)CC)C(=O)OCC. The number of hydrogen-bond donors (Lipinski definition) is 0. The van der Waals surface area contributed by atoms with Crippen LogP contribution in [-0.2, 0) is 9.53 Å². The van der Waals surface area contributed by atoms with Crippen molar-refractivity contribution in [2.45, 2.75) is 33.6 Å². The van der Waals surface area contributed by atoms with E-state index in [4.69, 9.17) is 4.74 Å². The zero-order chi connectivity index (χ0) is 9.56. The van der Waals surface area contributed by atoms with Crippen LogP contribution < -0.4 is 0 Å². The molecule has 0 saturated carbocycles. The Morgan fingerprint density at radius 3 is 2.50 bits per heavy atom. The van der Waals surface area contributed by atoms with Gasteiger partial charge in [-0.2, -0.15) is 0 Å². The highest BCUT2D eigenvalue weighted by Gasteiger charge is 2.10. The molecule has 0 spiro atoms. The lowest BCUT2D eigenvalue weighted by atomic mass is 10.0. The molecule has 2 nitrogen and oxygen atoms in total. The molecule has 0 aliphatic heterocycles. The minimum Gasteiger partial charge on any atom is -0.463 e. The second-order valence-electron chi connectivity index (χ2n) is 3.04. The van der Waals surface area contributed by atoms with Crippen molar-refractivity contribution in [3.63, 3.8) is 0 Å². The molecule has 0 bridgehead atoms. The molecular weight excluding hydrogens is 152 g/mol. The Morgan fingerprint density at radius 1 is 1.50 bits per heavy atom. The van der Waals surface area contributed by atoms with E-state index in [1.165, 1.54) is 0 Å². The van der Waals surface area contributed by atoms with Crippen LogP contribution in [0, 0.1) is 5.92 Å². The molecule has 12 heavy (non-hydrogen) atoms. The second kappa shape index (κ2) is 5.81. The molecule has 0 aliphatic rings. The standard InChI is InChI=1S/C10H18O2/c1-5-8(3)7-9(4)10(11)12-6-2/h8H,4-7H2,1-3H3. The second-order valence-corrected chi connectivity index (χ2v) is 3.04. The topological polar surface area (TPSA) is 26.3 Å². The molecule has 0 heterocycles. The first-order valence-corrected chi connectivity index (χ1v) is 4.46. The van der Waals surface area contributed by atoms with Crippen molar-refractivity contribution in [1.82, 2.24) is 0 Å². The van der Waals surface area contributed by atoms with Crippen molar-refractivity contribution in [1.29, 1.82) is 0 Å². The van der Waals surface area contributed by atoms with Crippen molar-refractivity contribution in [2.24, 2.45) is 5.92 Å². The maximum atomic E-state index is 11.1. The van der Waals surface area contributed by atoms with Crippen molar-refractivity contribution in [3.8, 4) is 0 Å². The number of carbonyl (C=O) groups is 1. The number of ether oxygens (including phenoxy) is 1. The van der Waals surface area contributed by atoms with E-state index in [0.29, 0.717) is 18.1 Å². The molecule has 0 saturated heterocycles. The van der Waals surface area contributed by atoms with Gasteiger partial charge in [0.25, 0.3) is 0 Å². The first-order valence-electron chi connectivity index (χ1n) is 4.46. The van der Waals surface area contributed by atoms with Gasteiger partial charge in [-0.1, -0.05) is 26.8 Å². The van der Waals surface area contributed by atoms with Gasteiger partial charge in [0.15, 0.2) is 0 Å². The third kappa shape index (κ3) is 4.16. The summed E-state index contributed by atoms with van der Waals surface area (Å²) in [6.45, 7) is 10.1. The average molecular weight is 170 g/mol. The molecule has 1 atom stereocenters. The van der Waals surface area contributed by atoms with Crippen molar-refractivity contribution >= 4 is 5.97 Å². The van der Waals surface area contributed by atoms with E-state index >= 15 is 0 Å². The maximum absolute atomic E-state index is 11.1. The summed E-state index contributed by atoms with van der Waals surface area (Å²) in [5.74, 6) is 0.264. The lowest BCUT2D eigenvalue weighted by molar-refractivity contribution is -0.138. The highest BCUT2D eigenvalue weighted by Crippen LogP contribution is 2.13. The fourth-order valence-corrected chi connectivity index (χ4v) is 0.881. The van der Waals surface area contributed by atoms with Crippen LogP contribution in [-0.4, -0.2) is 12.6 Å². The monoisotopic (exact) mass is 170 g/mol. The van der Waals surface area contributed by atoms with Crippen LogP contribution in [0.3, 0.4) is 0 Å². The number of hydrogen-bond acceptors (Lipinski definition) is 2. The smallest absolute Gasteiger partial charge is 0.333 e. The average Bonchev–Trinajstić information content (AvgIpc) is 2.04. The molecule has 1 unspecified atom stereocenters. The van der Waals surface area contributed by atoms with Gasteiger partial charge in [-0.15, -0.1) is 0 Å². The van der Waals surface area contributed by atoms with Gasteiger partial charge in [-0.3, -0.25) is 0 Å². The number of esters is 1. The Hall–Kier alpha value is -0.790. The fraction of sp³-hybridized carbons (Fsp3) is 0.700. The van der Waals surface area contributed by atoms with E-state index in [1.807, 2.05) is 0 Å². The summed E-state index contributed by atoms with van der Waals surface area (Å²) in [5, 5.41) is 0. The Labute approximate surface area is 74.6 Å². The molecular formula is C10H18O2. The van der Waals surface area contributed by atoms with Crippen molar-refractivity contribution in [2.75, 3.05) is 6.61 Å². The Bertz CT molecular complexity index is 161. The summed E-state index contributed by atoms with van der Waals surface area (Å²) in [4.78, 5) is 11.1. The van der Waals surface area contributed by atoms with Crippen LogP contribution in [0.1, 0.15) is 33.6 Å². The van der Waals surface area contributed by atoms with Gasteiger partial charge in [0.2, 0.25) is 0 Å². The van der Waals surface area contributed by atoms with Gasteiger partial charge >= 0.3 is 5.97 Å². The largest absolute Gasteiger partial charge is 0.463 e. The molecule has 0 aromatic heterocycles. The van der Waals surface area contributed by atoms with Crippen LogP contribution in [0.4, 0.5) is 0 Å². The third-order valence-corrected chi connectivity index (χ3v) is 1.86. The van der Waals surface area contributed by atoms with Gasteiger partial charge in [0, 0.05) is 5.57 Å². The quantitative estimate of drug-likeness (QED) is 0.468. The minimum atomic E-state index is -0.252. The molecule has 0 aromatic carbocycles. The highest BCUT2D eigenvalue weighted by atomic mass is 16.5. The molecule has 0 aromatic rings. The summed E-state index contributed by atoms with van der Waals surface area (Å²) in [7, 11) is 0. The van der Waals surface area contributed by atoms with E-state index in [-0.39, 0.29) is 5.97 Å². The van der Waals surface area contributed by atoms with E-state index in [1.54, 1.807) is 6.92 Å². The lowest BCUT2D eigenvalue weighted by Crippen LogP contribution is -2.09. The zero-order valence-electron chi connectivity index (χ0n) is 8.22. The molecule has 0 N–H and O–H groups in total. The molecule has 0 amide bonds. The summed E-state index contributed by atoms with van der Waals surface area (Å²) in [6.07, 6.45) is 1.81. The van der Waals surface area contributed by atoms with Crippen LogP contribution in [0.15, 0.2) is 12.2 Å². The van der Waals surface area contributed by atoms with E-state index < -0.39 is 0 Å². The molecule has 0 radical (unpaired) electrons. The summed E-state index contributed by atoms with van der Waals surface area (Å²) in [5.41, 5.74) is 0.589. The molecule has 2 heteroatoms. The molecule has 0 aliphatic carbocycles. The number of carbonyl (C=O) groups excluding carboxylic acids is 1. The predicted octanol–water partition coefficient (Wildman–Crippen LogP) is 2.54. The van der Waals surface area contributed by atoms with E-state index in [9.17, 15) is 4.79 Å². The molecule has 70 valence electrons. The van der Waals surface area contributed by atoms with E-state index in [0.717, 1.165) is 12.8 Å². The Morgan fingerprint density at radius 2 is 2.08 bits per heavy atom. The normalized spacial score (nSPS) is 12.2. The highest BCUT2D eigenvalue weighted by molar-refractivity contribution is 5.87. The third-order valence-electron chi connectivity index (χ3n) is 1.86. The fourth-order valence-electron chi connectivity index (χ4n) is 0.881. The van der Waals surface area contributed by atoms with Crippen molar-refractivity contribution < 1.29 is 9.53 Å². The van der Waals surface area contributed by atoms with Gasteiger partial charge in [0.05, 0.1) is 6.61 Å². The van der Waals surface area contributed by atoms with Gasteiger partial charge in [-0.25, -0.2) is 4.79 Å². The summed E-state index contributed by atoms with van der Waals surface area (Å²) in [6, 6.07) is 0.